The highest BCUT2D eigenvalue weighted by molar-refractivity contribution is 14.0. The Morgan fingerprint density at radius 1 is 0.929 bits per heavy atom. The lowest BCUT2D eigenvalue weighted by atomic mass is 10.1. The standard InChI is InChI=1S/C20H26ClN3O3.HI/c1-5-22-20(23-12-14-6-9-16(21)10-7-14)24-13-15-8-11-17(25-2)19(27-4)18(15)26-3;/h6-11H,5,12-13H2,1-4H3,(H2,22,23,24);1H. The summed E-state index contributed by atoms with van der Waals surface area (Å²) in [5.74, 6) is 2.55. The molecule has 0 spiro atoms. The molecular weight excluding hydrogens is 493 g/mol. The van der Waals surface area contributed by atoms with Crippen molar-refractivity contribution in [2.45, 2.75) is 20.0 Å². The van der Waals surface area contributed by atoms with Gasteiger partial charge < -0.3 is 24.8 Å². The molecule has 8 heteroatoms. The molecule has 0 unspecified atom stereocenters. The summed E-state index contributed by atoms with van der Waals surface area (Å²) in [5.41, 5.74) is 2.02. The first-order valence-electron chi connectivity index (χ1n) is 8.67. The Bertz CT molecular complexity index is 770. The number of nitrogens with one attached hydrogen (secondary N) is 2. The van der Waals surface area contributed by atoms with Crippen LogP contribution in [0.5, 0.6) is 17.2 Å². The molecule has 0 aliphatic rings. The summed E-state index contributed by atoms with van der Waals surface area (Å²) in [6.07, 6.45) is 0. The first-order chi connectivity index (χ1) is 13.1. The largest absolute Gasteiger partial charge is 0.493 e. The molecule has 0 amide bonds. The highest BCUT2D eigenvalue weighted by atomic mass is 127. The zero-order valence-electron chi connectivity index (χ0n) is 16.5. The van der Waals surface area contributed by atoms with E-state index >= 15 is 0 Å². The summed E-state index contributed by atoms with van der Waals surface area (Å²) < 4.78 is 16.3. The van der Waals surface area contributed by atoms with E-state index in [-0.39, 0.29) is 24.0 Å². The predicted molar refractivity (Wildman–Crippen MR) is 125 cm³/mol. The van der Waals surface area contributed by atoms with E-state index in [1.54, 1.807) is 21.3 Å². The molecule has 0 radical (unpaired) electrons. The van der Waals surface area contributed by atoms with Crippen molar-refractivity contribution >= 4 is 41.5 Å². The van der Waals surface area contributed by atoms with E-state index < -0.39 is 0 Å². The zero-order valence-corrected chi connectivity index (χ0v) is 19.6. The molecule has 154 valence electrons. The van der Waals surface area contributed by atoms with E-state index in [2.05, 4.69) is 15.6 Å². The maximum atomic E-state index is 5.92. The van der Waals surface area contributed by atoms with Gasteiger partial charge in [0.05, 0.1) is 27.9 Å². The van der Waals surface area contributed by atoms with E-state index in [4.69, 9.17) is 25.8 Å². The van der Waals surface area contributed by atoms with Crippen molar-refractivity contribution in [2.75, 3.05) is 27.9 Å². The molecule has 0 bridgehead atoms. The van der Waals surface area contributed by atoms with Gasteiger partial charge in [0.25, 0.3) is 0 Å². The minimum Gasteiger partial charge on any atom is -0.493 e. The van der Waals surface area contributed by atoms with Crippen molar-refractivity contribution in [3.05, 3.63) is 52.5 Å². The number of nitrogens with zero attached hydrogens (tertiary/aromatic N) is 1. The molecule has 2 aromatic carbocycles. The van der Waals surface area contributed by atoms with Gasteiger partial charge in [0.15, 0.2) is 17.5 Å². The van der Waals surface area contributed by atoms with Crippen molar-refractivity contribution in [1.29, 1.82) is 0 Å². The monoisotopic (exact) mass is 519 g/mol. The predicted octanol–water partition coefficient (Wildman–Crippen LogP) is 4.24. The third-order valence-electron chi connectivity index (χ3n) is 3.91. The van der Waals surface area contributed by atoms with Crippen LogP contribution >= 0.6 is 35.6 Å². The Hall–Kier alpha value is -1.87. The minimum absolute atomic E-state index is 0. The van der Waals surface area contributed by atoms with Crippen LogP contribution in [-0.2, 0) is 13.1 Å². The summed E-state index contributed by atoms with van der Waals surface area (Å²) in [6, 6.07) is 11.5. The second kappa shape index (κ2) is 12.6. The molecular formula is C20H27ClIN3O3. The zero-order chi connectivity index (χ0) is 19.6. The van der Waals surface area contributed by atoms with Gasteiger partial charge in [-0.25, -0.2) is 4.99 Å². The van der Waals surface area contributed by atoms with Gasteiger partial charge in [0.1, 0.15) is 0 Å². The number of hydrogen-bond donors (Lipinski definition) is 2. The summed E-state index contributed by atoms with van der Waals surface area (Å²) in [7, 11) is 4.80. The lowest BCUT2D eigenvalue weighted by Crippen LogP contribution is -2.36. The Morgan fingerprint density at radius 2 is 1.61 bits per heavy atom. The summed E-state index contributed by atoms with van der Waals surface area (Å²) >= 11 is 5.92. The second-order valence-electron chi connectivity index (χ2n) is 5.67. The van der Waals surface area contributed by atoms with Gasteiger partial charge in [-0.05, 0) is 36.8 Å². The quantitative estimate of drug-likeness (QED) is 0.310. The molecule has 28 heavy (non-hydrogen) atoms. The lowest BCUT2D eigenvalue weighted by molar-refractivity contribution is 0.322. The lowest BCUT2D eigenvalue weighted by Gasteiger charge is -2.17. The van der Waals surface area contributed by atoms with Crippen LogP contribution in [0.4, 0.5) is 0 Å². The number of aliphatic imine (C=N–C) groups is 1. The molecule has 0 aromatic heterocycles. The fourth-order valence-corrected chi connectivity index (χ4v) is 2.71. The van der Waals surface area contributed by atoms with Crippen molar-refractivity contribution in [2.24, 2.45) is 4.99 Å². The number of guanidine groups is 1. The van der Waals surface area contributed by atoms with Crippen LogP contribution in [0.3, 0.4) is 0 Å². The number of halogens is 2. The normalized spacial score (nSPS) is 10.7. The molecule has 0 atom stereocenters. The first-order valence-corrected chi connectivity index (χ1v) is 9.05. The van der Waals surface area contributed by atoms with Crippen LogP contribution in [0.1, 0.15) is 18.1 Å². The third kappa shape index (κ3) is 6.63. The third-order valence-corrected chi connectivity index (χ3v) is 4.16. The van der Waals surface area contributed by atoms with Gasteiger partial charge in [-0.15, -0.1) is 24.0 Å². The van der Waals surface area contributed by atoms with E-state index in [0.29, 0.717) is 41.3 Å². The Balaban J connectivity index is 0.00000392. The molecule has 6 nitrogen and oxygen atoms in total. The van der Waals surface area contributed by atoms with E-state index in [0.717, 1.165) is 17.7 Å². The van der Waals surface area contributed by atoms with Crippen LogP contribution in [0, 0.1) is 0 Å². The van der Waals surface area contributed by atoms with Gasteiger partial charge in [0.2, 0.25) is 5.75 Å². The molecule has 0 heterocycles. The molecule has 0 aliphatic heterocycles. The van der Waals surface area contributed by atoms with Crippen molar-refractivity contribution in [3.63, 3.8) is 0 Å². The highest BCUT2D eigenvalue weighted by Gasteiger charge is 2.15. The summed E-state index contributed by atoms with van der Waals surface area (Å²) in [5, 5.41) is 7.27. The smallest absolute Gasteiger partial charge is 0.203 e. The molecule has 0 saturated heterocycles. The number of ether oxygens (including phenoxy) is 3. The highest BCUT2D eigenvalue weighted by Crippen LogP contribution is 2.39. The van der Waals surface area contributed by atoms with Crippen LogP contribution in [0.2, 0.25) is 5.02 Å². The van der Waals surface area contributed by atoms with Gasteiger partial charge in [-0.1, -0.05) is 23.7 Å². The number of methoxy groups -OCH3 is 3. The summed E-state index contributed by atoms with van der Waals surface area (Å²) in [4.78, 5) is 4.61. The van der Waals surface area contributed by atoms with Gasteiger partial charge >= 0.3 is 0 Å². The second-order valence-corrected chi connectivity index (χ2v) is 6.11. The summed E-state index contributed by atoms with van der Waals surface area (Å²) in [6.45, 7) is 3.86. The SMILES string of the molecule is CCNC(=NCc1ccc(Cl)cc1)NCc1ccc(OC)c(OC)c1OC.I. The topological polar surface area (TPSA) is 64.1 Å². The number of hydrogen-bond acceptors (Lipinski definition) is 4. The minimum atomic E-state index is 0. The Morgan fingerprint density at radius 3 is 2.18 bits per heavy atom. The van der Waals surface area contributed by atoms with Crippen molar-refractivity contribution < 1.29 is 14.2 Å². The average Bonchev–Trinajstić information content (AvgIpc) is 2.70. The van der Waals surface area contributed by atoms with Crippen LogP contribution < -0.4 is 24.8 Å². The van der Waals surface area contributed by atoms with E-state index in [1.165, 1.54) is 0 Å². The van der Waals surface area contributed by atoms with E-state index in [9.17, 15) is 0 Å². The average molecular weight is 520 g/mol. The van der Waals surface area contributed by atoms with Gasteiger partial charge in [-0.3, -0.25) is 0 Å². The van der Waals surface area contributed by atoms with Crippen LogP contribution in [0.25, 0.3) is 0 Å². The molecule has 0 saturated carbocycles. The maximum Gasteiger partial charge on any atom is 0.203 e. The van der Waals surface area contributed by atoms with Crippen LogP contribution in [-0.4, -0.2) is 33.8 Å². The van der Waals surface area contributed by atoms with Gasteiger partial charge in [0, 0.05) is 23.7 Å². The van der Waals surface area contributed by atoms with E-state index in [1.807, 2.05) is 43.3 Å². The fourth-order valence-electron chi connectivity index (χ4n) is 2.58. The van der Waals surface area contributed by atoms with Crippen LogP contribution in [0.15, 0.2) is 41.4 Å². The number of rotatable bonds is 8. The van der Waals surface area contributed by atoms with Crippen molar-refractivity contribution in [3.8, 4) is 17.2 Å². The maximum absolute atomic E-state index is 5.92. The first kappa shape index (κ1) is 24.2. The Labute approximate surface area is 188 Å². The molecule has 2 aromatic rings. The molecule has 0 aliphatic carbocycles. The Kier molecular flexibility index (Phi) is 10.8. The molecule has 2 rings (SSSR count). The molecule has 2 N–H and O–H groups in total. The van der Waals surface area contributed by atoms with Gasteiger partial charge in [-0.2, -0.15) is 0 Å². The number of benzene rings is 2. The molecule has 0 fully saturated rings. The van der Waals surface area contributed by atoms with Crippen molar-refractivity contribution in [1.82, 2.24) is 10.6 Å². The fraction of sp³-hybridized carbons (Fsp3) is 0.350.